The van der Waals surface area contributed by atoms with Crippen LogP contribution in [-0.2, 0) is 10.3 Å². The molecule has 0 saturated heterocycles. The molecular weight excluding hydrogens is 371 g/mol. The van der Waals surface area contributed by atoms with Crippen molar-refractivity contribution in [3.63, 3.8) is 0 Å². The van der Waals surface area contributed by atoms with E-state index in [9.17, 15) is 18.0 Å². The van der Waals surface area contributed by atoms with Crippen molar-refractivity contribution in [2.24, 2.45) is 0 Å². The first kappa shape index (κ1) is 18.0. The van der Waals surface area contributed by atoms with E-state index < -0.39 is 17.9 Å². The molecule has 0 aromatic heterocycles. The summed E-state index contributed by atoms with van der Waals surface area (Å²) < 4.78 is 51.4. The summed E-state index contributed by atoms with van der Waals surface area (Å²) in [4.78, 5) is 11.7. The van der Waals surface area contributed by atoms with E-state index in [2.05, 4.69) is 21.9 Å². The molecule has 1 aliphatic heterocycles. The Hall–Kier alpha value is -2.85. The maximum absolute atomic E-state index is 13.9. The summed E-state index contributed by atoms with van der Waals surface area (Å²) >= 11 is 5.84. The number of rotatable bonds is 1. The van der Waals surface area contributed by atoms with Gasteiger partial charge in [-0.1, -0.05) is 17.5 Å². The van der Waals surface area contributed by atoms with Gasteiger partial charge in [-0.2, -0.15) is 13.2 Å². The first-order valence-electron chi connectivity index (χ1n) is 7.29. The highest BCUT2D eigenvalue weighted by Crippen LogP contribution is 2.47. The minimum Gasteiger partial charge on any atom is -0.497 e. The van der Waals surface area contributed by atoms with Gasteiger partial charge < -0.3 is 9.47 Å². The van der Waals surface area contributed by atoms with Crippen molar-refractivity contribution in [2.75, 3.05) is 12.4 Å². The van der Waals surface area contributed by atoms with Gasteiger partial charge in [0, 0.05) is 16.1 Å². The maximum atomic E-state index is 13.9. The molecule has 2 aromatic rings. The molecule has 26 heavy (non-hydrogen) atoms. The van der Waals surface area contributed by atoms with Crippen molar-refractivity contribution >= 4 is 23.4 Å². The molecule has 0 fully saturated rings. The molecule has 0 bridgehead atoms. The lowest BCUT2D eigenvalue weighted by molar-refractivity contribution is -0.239. The van der Waals surface area contributed by atoms with Crippen LogP contribution in [0, 0.1) is 11.8 Å². The third-order valence-electron chi connectivity index (χ3n) is 3.72. The minimum atomic E-state index is -4.98. The number of methoxy groups -OCH3 is 1. The predicted octanol–water partition coefficient (Wildman–Crippen LogP) is 4.72. The molecule has 134 valence electrons. The number of ether oxygens (including phenoxy) is 2. The summed E-state index contributed by atoms with van der Waals surface area (Å²) in [5.74, 6) is 5.04. The first-order chi connectivity index (χ1) is 12.2. The number of halogens is 4. The second-order valence-corrected chi connectivity index (χ2v) is 5.80. The van der Waals surface area contributed by atoms with Crippen LogP contribution in [0.5, 0.6) is 5.75 Å². The van der Waals surface area contributed by atoms with E-state index >= 15 is 0 Å². The van der Waals surface area contributed by atoms with Crippen LogP contribution in [0.2, 0.25) is 5.02 Å². The summed E-state index contributed by atoms with van der Waals surface area (Å²) in [7, 11) is 1.47. The number of fused-ring (bicyclic) bond motifs is 1. The van der Waals surface area contributed by atoms with Gasteiger partial charge in [-0.25, -0.2) is 4.79 Å². The van der Waals surface area contributed by atoms with Gasteiger partial charge in [0.05, 0.1) is 12.8 Å². The van der Waals surface area contributed by atoms with E-state index in [0.29, 0.717) is 11.3 Å². The number of cyclic esters (lactones) is 1. The van der Waals surface area contributed by atoms with Gasteiger partial charge >= 0.3 is 12.3 Å². The van der Waals surface area contributed by atoms with E-state index in [4.69, 9.17) is 16.3 Å². The summed E-state index contributed by atoms with van der Waals surface area (Å²) in [6.45, 7) is 0. The predicted molar refractivity (Wildman–Crippen MR) is 89.2 cm³/mol. The minimum absolute atomic E-state index is 0.0587. The van der Waals surface area contributed by atoms with Crippen LogP contribution in [0.3, 0.4) is 0 Å². The van der Waals surface area contributed by atoms with Gasteiger partial charge in [-0.3, -0.25) is 5.32 Å². The molecule has 1 amide bonds. The maximum Gasteiger partial charge on any atom is 0.445 e. The first-order valence-corrected chi connectivity index (χ1v) is 7.67. The van der Waals surface area contributed by atoms with Gasteiger partial charge in [-0.05, 0) is 48.4 Å². The van der Waals surface area contributed by atoms with Gasteiger partial charge in [0.2, 0.25) is 0 Å². The lowest BCUT2D eigenvalue weighted by Crippen LogP contribution is -2.49. The Kier molecular flexibility index (Phi) is 4.46. The van der Waals surface area contributed by atoms with Crippen molar-refractivity contribution in [3.8, 4) is 17.6 Å². The fraction of sp³-hybridized carbons (Fsp3) is 0.167. The highest BCUT2D eigenvalue weighted by Gasteiger charge is 2.62. The molecule has 3 rings (SSSR count). The second kappa shape index (κ2) is 6.46. The van der Waals surface area contributed by atoms with E-state index in [1.54, 1.807) is 12.1 Å². The number of carbonyl (C=O) groups is 1. The highest BCUT2D eigenvalue weighted by atomic mass is 35.5. The van der Waals surface area contributed by atoms with Crippen molar-refractivity contribution in [2.45, 2.75) is 11.8 Å². The molecule has 1 N–H and O–H groups in total. The van der Waals surface area contributed by atoms with Crippen molar-refractivity contribution in [1.82, 2.24) is 0 Å². The van der Waals surface area contributed by atoms with Gasteiger partial charge in [0.15, 0.2) is 0 Å². The topological polar surface area (TPSA) is 47.6 Å². The number of alkyl halides is 3. The highest BCUT2D eigenvalue weighted by molar-refractivity contribution is 6.30. The van der Waals surface area contributed by atoms with E-state index in [1.165, 1.54) is 31.4 Å². The SMILES string of the molecule is COc1ccc(C#CC2(C(F)(F)F)OC(=O)Nc3ccc(Cl)cc32)cc1. The number of nitrogens with one attached hydrogen (secondary N) is 1. The zero-order valence-corrected chi connectivity index (χ0v) is 14.0. The fourth-order valence-electron chi connectivity index (χ4n) is 2.46. The molecule has 0 saturated carbocycles. The van der Waals surface area contributed by atoms with Gasteiger partial charge in [-0.15, -0.1) is 0 Å². The normalized spacial score (nSPS) is 18.7. The van der Waals surface area contributed by atoms with Crippen molar-refractivity contribution < 1.29 is 27.4 Å². The van der Waals surface area contributed by atoms with Crippen LogP contribution >= 0.6 is 11.6 Å². The van der Waals surface area contributed by atoms with E-state index in [0.717, 1.165) is 6.07 Å². The Morgan fingerprint density at radius 3 is 2.50 bits per heavy atom. The average Bonchev–Trinajstić information content (AvgIpc) is 2.59. The molecule has 1 heterocycles. The summed E-state index contributed by atoms with van der Waals surface area (Å²) in [6, 6.07) is 9.83. The second-order valence-electron chi connectivity index (χ2n) is 5.36. The van der Waals surface area contributed by atoms with Crippen LogP contribution in [-0.4, -0.2) is 19.4 Å². The molecule has 0 radical (unpaired) electrons. The number of amides is 1. The van der Waals surface area contributed by atoms with E-state index in [1.807, 2.05) is 0 Å². The third kappa shape index (κ3) is 3.16. The van der Waals surface area contributed by atoms with Crippen LogP contribution in [0.4, 0.5) is 23.7 Å². The summed E-state index contributed by atoms with van der Waals surface area (Å²) in [5.41, 5.74) is -3.27. The number of hydrogen-bond donors (Lipinski definition) is 1. The number of benzene rings is 2. The largest absolute Gasteiger partial charge is 0.497 e. The Labute approximate surface area is 151 Å². The van der Waals surface area contributed by atoms with Crippen LogP contribution in [0.1, 0.15) is 11.1 Å². The monoisotopic (exact) mass is 381 g/mol. The summed E-state index contributed by atoms with van der Waals surface area (Å²) in [5, 5.41) is 2.28. The number of carbonyl (C=O) groups excluding carboxylic acids is 1. The van der Waals surface area contributed by atoms with Gasteiger partial charge in [0.1, 0.15) is 5.75 Å². The van der Waals surface area contributed by atoms with Crippen LogP contribution < -0.4 is 10.1 Å². The molecule has 1 atom stereocenters. The molecule has 1 aliphatic rings. The molecule has 4 nitrogen and oxygen atoms in total. The van der Waals surface area contributed by atoms with Gasteiger partial charge in [0.25, 0.3) is 5.60 Å². The Morgan fingerprint density at radius 1 is 1.19 bits per heavy atom. The molecule has 0 aliphatic carbocycles. The Balaban J connectivity index is 2.17. The molecule has 8 heteroatoms. The molecule has 0 spiro atoms. The van der Waals surface area contributed by atoms with Crippen LogP contribution in [0.15, 0.2) is 42.5 Å². The van der Waals surface area contributed by atoms with E-state index in [-0.39, 0.29) is 16.3 Å². The quantitative estimate of drug-likeness (QED) is 0.727. The Bertz CT molecular complexity index is 916. The zero-order valence-electron chi connectivity index (χ0n) is 13.3. The standard InChI is InChI=1S/C18H11ClF3NO3/c1-25-13-5-2-11(3-6-13)8-9-17(18(20,21)22)14-10-12(19)4-7-15(14)23-16(24)26-17/h2-7,10H,1H3,(H,23,24). The Morgan fingerprint density at radius 2 is 1.88 bits per heavy atom. The fourth-order valence-corrected chi connectivity index (χ4v) is 2.63. The lowest BCUT2D eigenvalue weighted by atomic mass is 9.90. The number of anilines is 1. The van der Waals surface area contributed by atoms with Crippen LogP contribution in [0.25, 0.3) is 0 Å². The molecular formula is C18H11ClF3NO3. The smallest absolute Gasteiger partial charge is 0.445 e. The molecule has 1 unspecified atom stereocenters. The lowest BCUT2D eigenvalue weighted by Gasteiger charge is -2.35. The zero-order chi connectivity index (χ0) is 18.9. The molecule has 2 aromatic carbocycles. The summed E-state index contributed by atoms with van der Waals surface area (Å²) in [6.07, 6.45) is -6.23. The van der Waals surface area contributed by atoms with Crippen molar-refractivity contribution in [3.05, 3.63) is 58.6 Å². The average molecular weight is 382 g/mol. The van der Waals surface area contributed by atoms with Crippen molar-refractivity contribution in [1.29, 1.82) is 0 Å². The number of hydrogen-bond acceptors (Lipinski definition) is 3. The third-order valence-corrected chi connectivity index (χ3v) is 3.95.